The van der Waals surface area contributed by atoms with Crippen molar-refractivity contribution in [3.05, 3.63) is 54.4 Å². The van der Waals surface area contributed by atoms with Gasteiger partial charge in [0.05, 0.1) is 5.75 Å². The Labute approximate surface area is 191 Å². The quantitative estimate of drug-likeness (QED) is 0.497. The van der Waals surface area contributed by atoms with E-state index in [0.717, 1.165) is 29.4 Å². The summed E-state index contributed by atoms with van der Waals surface area (Å²) in [4.78, 5) is 31.0. The summed E-state index contributed by atoms with van der Waals surface area (Å²) in [6.45, 7) is 5.19. The molecule has 1 aliphatic carbocycles. The number of pyridine rings is 1. The van der Waals surface area contributed by atoms with Gasteiger partial charge in [0.1, 0.15) is 0 Å². The third-order valence-electron chi connectivity index (χ3n) is 5.29. The molecule has 0 aliphatic heterocycles. The van der Waals surface area contributed by atoms with Crippen molar-refractivity contribution in [1.29, 1.82) is 0 Å². The van der Waals surface area contributed by atoms with Gasteiger partial charge in [-0.25, -0.2) is 0 Å². The van der Waals surface area contributed by atoms with Crippen LogP contribution in [-0.2, 0) is 4.79 Å². The van der Waals surface area contributed by atoms with E-state index in [1.165, 1.54) is 11.8 Å². The summed E-state index contributed by atoms with van der Waals surface area (Å²) in [6.07, 6.45) is 5.65. The second-order valence-electron chi connectivity index (χ2n) is 7.54. The number of hydrogen-bond acceptors (Lipinski definition) is 6. The van der Waals surface area contributed by atoms with E-state index in [-0.39, 0.29) is 17.6 Å². The molecular formula is C23H26N6O2S. The summed E-state index contributed by atoms with van der Waals surface area (Å²) in [7, 11) is 0. The zero-order chi connectivity index (χ0) is 22.5. The fraction of sp³-hybridized carbons (Fsp3) is 0.348. The lowest BCUT2D eigenvalue weighted by Crippen LogP contribution is -2.30. The van der Waals surface area contributed by atoms with E-state index in [9.17, 15) is 9.59 Å². The molecule has 0 atom stereocenters. The first-order valence-corrected chi connectivity index (χ1v) is 11.8. The fourth-order valence-corrected chi connectivity index (χ4v) is 4.29. The lowest BCUT2D eigenvalue weighted by atomic mass is 10.1. The lowest BCUT2D eigenvalue weighted by molar-refractivity contribution is -0.113. The Kier molecular flexibility index (Phi) is 6.84. The normalized spacial score (nSPS) is 13.1. The fourth-order valence-electron chi connectivity index (χ4n) is 3.49. The first-order chi connectivity index (χ1) is 15.6. The molecule has 0 bridgehead atoms. The highest BCUT2D eigenvalue weighted by molar-refractivity contribution is 7.99. The molecule has 2 aromatic heterocycles. The van der Waals surface area contributed by atoms with Gasteiger partial charge in [-0.1, -0.05) is 17.8 Å². The third kappa shape index (κ3) is 4.99. The van der Waals surface area contributed by atoms with Gasteiger partial charge in [0.2, 0.25) is 5.91 Å². The average Bonchev–Trinajstić information content (AvgIpc) is 3.57. The van der Waals surface area contributed by atoms with E-state index in [1.54, 1.807) is 41.6 Å². The van der Waals surface area contributed by atoms with Crippen LogP contribution in [0.5, 0.6) is 0 Å². The number of carbonyl (C=O) groups excluding carboxylic acids is 2. The first kappa shape index (κ1) is 22.0. The zero-order valence-corrected chi connectivity index (χ0v) is 19.0. The maximum atomic E-state index is 12.6. The Bertz CT molecular complexity index is 1090. The topological polar surface area (TPSA) is 93.0 Å². The molecule has 1 aliphatic rings. The molecule has 8 nitrogen and oxygen atoms in total. The highest BCUT2D eigenvalue weighted by Crippen LogP contribution is 2.40. The summed E-state index contributed by atoms with van der Waals surface area (Å²) in [5.74, 6) is 0.815. The van der Waals surface area contributed by atoms with Crippen molar-refractivity contribution in [1.82, 2.24) is 24.6 Å². The summed E-state index contributed by atoms with van der Waals surface area (Å²) in [5, 5.41) is 12.3. The molecule has 0 saturated heterocycles. The highest BCUT2D eigenvalue weighted by Gasteiger charge is 2.30. The van der Waals surface area contributed by atoms with E-state index in [4.69, 9.17) is 0 Å². The number of nitrogens with zero attached hydrogens (tertiary/aromatic N) is 5. The van der Waals surface area contributed by atoms with Crippen LogP contribution in [-0.4, -0.2) is 55.3 Å². The number of nitrogens with one attached hydrogen (secondary N) is 1. The number of thioether (sulfide) groups is 1. The van der Waals surface area contributed by atoms with Gasteiger partial charge in [0, 0.05) is 48.3 Å². The summed E-state index contributed by atoms with van der Waals surface area (Å²) in [6, 6.07) is 11.3. The number of amides is 2. The predicted molar refractivity (Wildman–Crippen MR) is 125 cm³/mol. The second-order valence-corrected chi connectivity index (χ2v) is 8.48. The van der Waals surface area contributed by atoms with Crippen LogP contribution in [0.2, 0.25) is 0 Å². The van der Waals surface area contributed by atoms with Gasteiger partial charge in [-0.3, -0.25) is 19.1 Å². The van der Waals surface area contributed by atoms with Gasteiger partial charge in [-0.2, -0.15) is 0 Å². The molecule has 4 rings (SSSR count). The molecule has 3 aromatic rings. The molecule has 0 unspecified atom stereocenters. The molecule has 9 heteroatoms. The van der Waals surface area contributed by atoms with Crippen molar-refractivity contribution in [2.24, 2.45) is 0 Å². The predicted octanol–water partition coefficient (Wildman–Crippen LogP) is 3.89. The van der Waals surface area contributed by atoms with Crippen molar-refractivity contribution in [2.75, 3.05) is 24.2 Å². The van der Waals surface area contributed by atoms with Gasteiger partial charge in [-0.15, -0.1) is 10.2 Å². The van der Waals surface area contributed by atoms with Gasteiger partial charge < -0.3 is 10.2 Å². The molecule has 32 heavy (non-hydrogen) atoms. The van der Waals surface area contributed by atoms with Crippen LogP contribution in [0.3, 0.4) is 0 Å². The largest absolute Gasteiger partial charge is 0.339 e. The van der Waals surface area contributed by atoms with Crippen molar-refractivity contribution in [3.8, 4) is 11.4 Å². The van der Waals surface area contributed by atoms with Crippen LogP contribution in [0.15, 0.2) is 53.9 Å². The summed E-state index contributed by atoms with van der Waals surface area (Å²) < 4.78 is 2.12. The second kappa shape index (κ2) is 9.95. The van der Waals surface area contributed by atoms with Gasteiger partial charge in [0.25, 0.3) is 5.91 Å². The zero-order valence-electron chi connectivity index (χ0n) is 18.2. The van der Waals surface area contributed by atoms with Crippen LogP contribution < -0.4 is 5.32 Å². The number of anilines is 1. The molecule has 166 valence electrons. The number of rotatable bonds is 9. The van der Waals surface area contributed by atoms with Crippen LogP contribution in [0.4, 0.5) is 5.69 Å². The number of carbonyl (C=O) groups is 2. The molecular weight excluding hydrogens is 424 g/mol. The van der Waals surface area contributed by atoms with Crippen molar-refractivity contribution in [3.63, 3.8) is 0 Å². The van der Waals surface area contributed by atoms with E-state index >= 15 is 0 Å². The SMILES string of the molecule is CCN(CC)C(=O)c1cccc(NC(=O)CSc2nnc(-c3ccncc3)n2C2CC2)c1. The Morgan fingerprint density at radius 2 is 1.88 bits per heavy atom. The maximum absolute atomic E-state index is 12.6. The molecule has 0 spiro atoms. The summed E-state index contributed by atoms with van der Waals surface area (Å²) >= 11 is 1.37. The molecule has 1 aromatic carbocycles. The molecule has 2 heterocycles. The van der Waals surface area contributed by atoms with Crippen LogP contribution in [0.25, 0.3) is 11.4 Å². The Hall–Kier alpha value is -3.20. The standard InChI is InChI=1S/C23H26N6O2S/c1-3-28(4-2)22(31)17-6-5-7-18(14-17)25-20(30)15-32-23-27-26-21(29(23)19-8-9-19)16-10-12-24-13-11-16/h5-7,10-14,19H,3-4,8-9,15H2,1-2H3,(H,25,30). The molecule has 2 amide bonds. The molecule has 1 N–H and O–H groups in total. The van der Waals surface area contributed by atoms with E-state index in [1.807, 2.05) is 26.0 Å². The highest BCUT2D eigenvalue weighted by atomic mass is 32.2. The molecule has 1 fully saturated rings. The van der Waals surface area contributed by atoms with Crippen molar-refractivity contribution >= 4 is 29.3 Å². The maximum Gasteiger partial charge on any atom is 0.253 e. The van der Waals surface area contributed by atoms with Gasteiger partial charge >= 0.3 is 0 Å². The minimum atomic E-state index is -0.154. The van der Waals surface area contributed by atoms with E-state index in [0.29, 0.717) is 30.4 Å². The summed E-state index contributed by atoms with van der Waals surface area (Å²) in [5.41, 5.74) is 2.13. The van der Waals surface area contributed by atoms with Crippen molar-refractivity contribution < 1.29 is 9.59 Å². The molecule has 0 radical (unpaired) electrons. The third-order valence-corrected chi connectivity index (χ3v) is 6.23. The monoisotopic (exact) mass is 450 g/mol. The van der Waals surface area contributed by atoms with Crippen molar-refractivity contribution in [2.45, 2.75) is 37.9 Å². The number of hydrogen-bond donors (Lipinski definition) is 1. The van der Waals surface area contributed by atoms with E-state index < -0.39 is 0 Å². The van der Waals surface area contributed by atoms with Crippen LogP contribution in [0, 0.1) is 0 Å². The minimum absolute atomic E-state index is 0.0401. The number of aromatic nitrogens is 4. The molecule has 1 saturated carbocycles. The minimum Gasteiger partial charge on any atom is -0.339 e. The van der Waals surface area contributed by atoms with Gasteiger partial charge in [0.15, 0.2) is 11.0 Å². The average molecular weight is 451 g/mol. The smallest absolute Gasteiger partial charge is 0.253 e. The Balaban J connectivity index is 1.42. The van der Waals surface area contributed by atoms with Gasteiger partial charge in [-0.05, 0) is 57.0 Å². The van der Waals surface area contributed by atoms with Crippen LogP contribution in [0.1, 0.15) is 43.1 Å². The Morgan fingerprint density at radius 3 is 2.56 bits per heavy atom. The van der Waals surface area contributed by atoms with Crippen LogP contribution >= 0.6 is 11.8 Å². The Morgan fingerprint density at radius 1 is 1.12 bits per heavy atom. The first-order valence-electron chi connectivity index (χ1n) is 10.8. The van der Waals surface area contributed by atoms with E-state index in [2.05, 4.69) is 25.1 Å². The number of benzene rings is 1. The lowest BCUT2D eigenvalue weighted by Gasteiger charge is -2.19.